The highest BCUT2D eigenvalue weighted by Gasteiger charge is 2.36. The first kappa shape index (κ1) is 13.1. The van der Waals surface area contributed by atoms with Gasteiger partial charge in [-0.1, -0.05) is 24.3 Å². The fraction of sp³-hybridized carbons (Fsp3) is 0.118. The second-order valence-corrected chi connectivity index (χ2v) is 5.00. The molecule has 0 aromatic heterocycles. The number of nitriles is 1. The molecule has 2 aromatic carbocycles. The minimum Gasteiger partial charge on any atom is -0.300 e. The predicted octanol–water partition coefficient (Wildman–Crippen LogP) is 2.60. The molecule has 4 nitrogen and oxygen atoms in total. The summed E-state index contributed by atoms with van der Waals surface area (Å²) in [7, 11) is 0. The van der Waals surface area contributed by atoms with Crippen molar-refractivity contribution >= 4 is 17.4 Å². The lowest BCUT2D eigenvalue weighted by atomic mass is 10.1. The maximum absolute atomic E-state index is 12.2. The van der Waals surface area contributed by atoms with Gasteiger partial charge in [0.25, 0.3) is 11.7 Å². The largest absolute Gasteiger partial charge is 0.300 e. The molecule has 0 aliphatic carbocycles. The lowest BCUT2D eigenvalue weighted by Gasteiger charge is -2.18. The number of Topliss-reactive ketones (excluding diaryl/α,β-unsaturated/α-hetero) is 1. The standard InChI is InChI=1S/C17H12N2O2/c1-11-4-2-7-14-15(11)19(17(21)16(14)20)10-13-6-3-5-12(8-13)9-18/h2-8H,10H2,1H3. The van der Waals surface area contributed by atoms with Gasteiger partial charge >= 0.3 is 0 Å². The second kappa shape index (κ2) is 4.88. The number of amides is 1. The summed E-state index contributed by atoms with van der Waals surface area (Å²) in [5.41, 5.74) is 3.39. The van der Waals surface area contributed by atoms with E-state index < -0.39 is 11.7 Å². The highest BCUT2D eigenvalue weighted by molar-refractivity contribution is 6.52. The van der Waals surface area contributed by atoms with Gasteiger partial charge in [0.05, 0.1) is 29.4 Å². The molecule has 1 heterocycles. The molecule has 1 aliphatic heterocycles. The molecule has 3 rings (SSSR count). The molecule has 0 bridgehead atoms. The van der Waals surface area contributed by atoms with Crippen molar-refractivity contribution in [3.63, 3.8) is 0 Å². The zero-order valence-electron chi connectivity index (χ0n) is 11.5. The van der Waals surface area contributed by atoms with Crippen LogP contribution in [0.4, 0.5) is 5.69 Å². The van der Waals surface area contributed by atoms with Crippen molar-refractivity contribution in [1.82, 2.24) is 0 Å². The number of rotatable bonds is 2. The van der Waals surface area contributed by atoms with Gasteiger partial charge in [-0.05, 0) is 36.2 Å². The zero-order valence-corrected chi connectivity index (χ0v) is 11.5. The molecule has 4 heteroatoms. The predicted molar refractivity (Wildman–Crippen MR) is 77.9 cm³/mol. The van der Waals surface area contributed by atoms with Crippen molar-refractivity contribution in [3.05, 3.63) is 64.7 Å². The van der Waals surface area contributed by atoms with Crippen LogP contribution in [0.2, 0.25) is 0 Å². The number of para-hydroxylation sites is 1. The quantitative estimate of drug-likeness (QED) is 0.792. The Morgan fingerprint density at radius 1 is 1.14 bits per heavy atom. The summed E-state index contributed by atoms with van der Waals surface area (Å²) in [6.45, 7) is 2.17. The zero-order chi connectivity index (χ0) is 15.0. The molecule has 0 N–H and O–H groups in total. The third-order valence-corrected chi connectivity index (χ3v) is 3.59. The Labute approximate surface area is 122 Å². The molecular formula is C17H12N2O2. The maximum atomic E-state index is 12.2. The van der Waals surface area contributed by atoms with E-state index in [1.807, 2.05) is 19.1 Å². The van der Waals surface area contributed by atoms with Gasteiger partial charge in [-0.25, -0.2) is 0 Å². The van der Waals surface area contributed by atoms with E-state index in [2.05, 4.69) is 6.07 Å². The van der Waals surface area contributed by atoms with Gasteiger partial charge in [-0.3, -0.25) is 9.59 Å². The topological polar surface area (TPSA) is 61.2 Å². The smallest absolute Gasteiger partial charge is 0.299 e. The van der Waals surface area contributed by atoms with Crippen molar-refractivity contribution in [2.45, 2.75) is 13.5 Å². The summed E-state index contributed by atoms with van der Waals surface area (Å²) >= 11 is 0. The maximum Gasteiger partial charge on any atom is 0.299 e. The van der Waals surface area contributed by atoms with Crippen LogP contribution in [0.3, 0.4) is 0 Å². The molecular weight excluding hydrogens is 264 g/mol. The van der Waals surface area contributed by atoms with Crippen molar-refractivity contribution in [1.29, 1.82) is 5.26 Å². The van der Waals surface area contributed by atoms with Gasteiger partial charge in [0, 0.05) is 0 Å². The molecule has 0 unspecified atom stereocenters. The molecule has 0 spiro atoms. The molecule has 0 radical (unpaired) electrons. The average molecular weight is 276 g/mol. The van der Waals surface area contributed by atoms with E-state index in [9.17, 15) is 9.59 Å². The Morgan fingerprint density at radius 2 is 1.90 bits per heavy atom. The van der Waals surface area contributed by atoms with Crippen LogP contribution >= 0.6 is 0 Å². The number of benzene rings is 2. The first-order valence-electron chi connectivity index (χ1n) is 6.56. The third-order valence-electron chi connectivity index (χ3n) is 3.59. The summed E-state index contributed by atoms with van der Waals surface area (Å²) in [6, 6.07) is 14.5. The normalized spacial score (nSPS) is 13.2. The second-order valence-electron chi connectivity index (χ2n) is 5.00. The average Bonchev–Trinajstić information content (AvgIpc) is 2.74. The molecule has 0 saturated carbocycles. The van der Waals surface area contributed by atoms with Crippen molar-refractivity contribution in [2.24, 2.45) is 0 Å². The minimum atomic E-state index is -0.512. The van der Waals surface area contributed by atoms with Crippen LogP contribution < -0.4 is 4.90 Å². The number of hydrogen-bond acceptors (Lipinski definition) is 3. The van der Waals surface area contributed by atoms with E-state index in [0.29, 0.717) is 16.8 Å². The van der Waals surface area contributed by atoms with Gasteiger partial charge in [0.15, 0.2) is 0 Å². The molecule has 0 fully saturated rings. The number of aryl methyl sites for hydroxylation is 1. The van der Waals surface area contributed by atoms with Crippen molar-refractivity contribution in [2.75, 3.05) is 4.90 Å². The van der Waals surface area contributed by atoms with Crippen LogP contribution in [0.1, 0.15) is 27.0 Å². The Morgan fingerprint density at radius 3 is 2.67 bits per heavy atom. The van der Waals surface area contributed by atoms with Crippen LogP contribution in [0.25, 0.3) is 0 Å². The van der Waals surface area contributed by atoms with E-state index in [1.54, 1.807) is 30.3 Å². The Bertz CT molecular complexity index is 803. The van der Waals surface area contributed by atoms with Crippen LogP contribution in [-0.4, -0.2) is 11.7 Å². The highest BCUT2D eigenvalue weighted by atomic mass is 16.2. The van der Waals surface area contributed by atoms with Crippen molar-refractivity contribution < 1.29 is 9.59 Å². The molecule has 1 amide bonds. The van der Waals surface area contributed by atoms with Crippen LogP contribution in [0.5, 0.6) is 0 Å². The summed E-state index contributed by atoms with van der Waals surface area (Å²) in [5, 5.41) is 8.93. The van der Waals surface area contributed by atoms with Crippen LogP contribution in [-0.2, 0) is 11.3 Å². The SMILES string of the molecule is Cc1cccc2c1N(Cc1cccc(C#N)c1)C(=O)C2=O. The van der Waals surface area contributed by atoms with Gasteiger partial charge in [0.2, 0.25) is 0 Å². The first-order valence-corrected chi connectivity index (χ1v) is 6.56. The van der Waals surface area contributed by atoms with Gasteiger partial charge in [-0.15, -0.1) is 0 Å². The van der Waals surface area contributed by atoms with E-state index in [0.717, 1.165) is 11.1 Å². The van der Waals surface area contributed by atoms with Gasteiger partial charge < -0.3 is 4.90 Å². The highest BCUT2D eigenvalue weighted by Crippen LogP contribution is 2.33. The molecule has 0 atom stereocenters. The number of anilines is 1. The van der Waals surface area contributed by atoms with Gasteiger partial charge in [0.1, 0.15) is 0 Å². The fourth-order valence-electron chi connectivity index (χ4n) is 2.61. The lowest BCUT2D eigenvalue weighted by Crippen LogP contribution is -2.29. The molecule has 1 aliphatic rings. The number of carbonyl (C=O) groups excluding carboxylic acids is 2. The molecule has 21 heavy (non-hydrogen) atoms. The van der Waals surface area contributed by atoms with Crippen LogP contribution in [0, 0.1) is 18.3 Å². The van der Waals surface area contributed by atoms with Crippen LogP contribution in [0.15, 0.2) is 42.5 Å². The monoisotopic (exact) mass is 276 g/mol. The summed E-state index contributed by atoms with van der Waals surface area (Å²) in [4.78, 5) is 25.7. The lowest BCUT2D eigenvalue weighted by molar-refractivity contribution is -0.114. The summed E-state index contributed by atoms with van der Waals surface area (Å²) in [6.07, 6.45) is 0. The third kappa shape index (κ3) is 2.09. The number of hydrogen-bond donors (Lipinski definition) is 0. The molecule has 102 valence electrons. The van der Waals surface area contributed by atoms with E-state index >= 15 is 0 Å². The van der Waals surface area contributed by atoms with E-state index in [1.165, 1.54) is 4.90 Å². The van der Waals surface area contributed by atoms with E-state index in [-0.39, 0.29) is 6.54 Å². The molecule has 0 saturated heterocycles. The van der Waals surface area contributed by atoms with Gasteiger partial charge in [-0.2, -0.15) is 5.26 Å². The summed E-state index contributed by atoms with van der Waals surface area (Å²) in [5.74, 6) is -0.980. The Balaban J connectivity index is 2.02. The number of carbonyl (C=O) groups is 2. The summed E-state index contributed by atoms with van der Waals surface area (Å²) < 4.78 is 0. The number of nitrogens with zero attached hydrogens (tertiary/aromatic N) is 2. The Kier molecular flexibility index (Phi) is 3.03. The van der Waals surface area contributed by atoms with Crippen molar-refractivity contribution in [3.8, 4) is 6.07 Å². The fourth-order valence-corrected chi connectivity index (χ4v) is 2.61. The Hall–Kier alpha value is -2.93. The van der Waals surface area contributed by atoms with E-state index in [4.69, 9.17) is 5.26 Å². The first-order chi connectivity index (χ1) is 10.1. The minimum absolute atomic E-state index is 0.290. The molecule has 2 aromatic rings. The number of ketones is 1. The number of fused-ring (bicyclic) bond motifs is 1.